The van der Waals surface area contributed by atoms with Gasteiger partial charge in [0.05, 0.1) is 12.7 Å². The molecular weight excluding hydrogens is 294 g/mol. The van der Waals surface area contributed by atoms with Crippen LogP contribution in [0.3, 0.4) is 0 Å². The van der Waals surface area contributed by atoms with Gasteiger partial charge in [0.25, 0.3) is 0 Å². The van der Waals surface area contributed by atoms with E-state index in [1.807, 2.05) is 13.0 Å². The van der Waals surface area contributed by atoms with Gasteiger partial charge in [0, 0.05) is 32.3 Å². The molecule has 0 aliphatic carbocycles. The minimum atomic E-state index is -0.596. The van der Waals surface area contributed by atoms with Gasteiger partial charge in [0.15, 0.2) is 0 Å². The molecule has 0 bridgehead atoms. The monoisotopic (exact) mass is 317 g/mol. The molecule has 0 saturated heterocycles. The van der Waals surface area contributed by atoms with Crippen LogP contribution in [-0.4, -0.2) is 57.8 Å². The summed E-state index contributed by atoms with van der Waals surface area (Å²) in [4.78, 5) is 0. The Morgan fingerprint density at radius 3 is 2.62 bits per heavy atom. The molecule has 5 nitrogen and oxygen atoms in total. The number of aliphatic hydroxyl groups is 1. The van der Waals surface area contributed by atoms with Crippen LogP contribution in [0.1, 0.15) is 5.56 Å². The summed E-state index contributed by atoms with van der Waals surface area (Å²) < 4.78 is 15.8. The second-order valence-corrected chi connectivity index (χ2v) is 5.25. The lowest BCUT2D eigenvalue weighted by atomic mass is 10.2. The van der Waals surface area contributed by atoms with Crippen LogP contribution in [0.5, 0.6) is 5.75 Å². The number of aryl methyl sites for hydroxylation is 1. The third-order valence-corrected chi connectivity index (χ3v) is 3.43. The highest BCUT2D eigenvalue weighted by Crippen LogP contribution is 2.20. The summed E-state index contributed by atoms with van der Waals surface area (Å²) in [7, 11) is 3.26. The van der Waals surface area contributed by atoms with Crippen molar-refractivity contribution in [2.24, 2.45) is 0 Å². The van der Waals surface area contributed by atoms with Crippen molar-refractivity contribution in [2.75, 3.05) is 40.5 Å². The summed E-state index contributed by atoms with van der Waals surface area (Å²) >= 11 is 5.94. The van der Waals surface area contributed by atoms with Gasteiger partial charge in [-0.15, -0.1) is 0 Å². The summed E-state index contributed by atoms with van der Waals surface area (Å²) in [5.41, 5.74) is 0.948. The normalized spacial score (nSPS) is 14.0. The molecule has 0 aromatic heterocycles. The van der Waals surface area contributed by atoms with Crippen LogP contribution < -0.4 is 10.1 Å². The zero-order valence-corrected chi connectivity index (χ0v) is 13.5. The van der Waals surface area contributed by atoms with E-state index in [9.17, 15) is 5.11 Å². The molecule has 2 unspecified atom stereocenters. The molecule has 0 amide bonds. The summed E-state index contributed by atoms with van der Waals surface area (Å²) in [5, 5.41) is 13.7. The fraction of sp³-hybridized carbons (Fsp3) is 0.600. The number of benzene rings is 1. The van der Waals surface area contributed by atoms with Gasteiger partial charge in [0.1, 0.15) is 18.5 Å². The van der Waals surface area contributed by atoms with Crippen LogP contribution >= 0.6 is 11.6 Å². The first kappa shape index (κ1) is 18.2. The summed E-state index contributed by atoms with van der Waals surface area (Å²) in [6.07, 6.45) is -0.622. The Morgan fingerprint density at radius 2 is 2.00 bits per heavy atom. The lowest BCUT2D eigenvalue weighted by molar-refractivity contribution is 0.0257. The summed E-state index contributed by atoms with van der Waals surface area (Å²) in [6, 6.07) is 5.42. The Labute approximate surface area is 131 Å². The maximum Gasteiger partial charge on any atom is 0.119 e. The van der Waals surface area contributed by atoms with Crippen molar-refractivity contribution < 1.29 is 19.3 Å². The molecule has 1 aromatic rings. The predicted molar refractivity (Wildman–Crippen MR) is 83.2 cm³/mol. The first-order valence-electron chi connectivity index (χ1n) is 6.86. The van der Waals surface area contributed by atoms with Crippen LogP contribution in [0.4, 0.5) is 0 Å². The number of aliphatic hydroxyl groups excluding tert-OH is 1. The average Bonchev–Trinajstić information content (AvgIpc) is 2.47. The molecule has 0 aliphatic rings. The molecule has 6 heteroatoms. The van der Waals surface area contributed by atoms with Gasteiger partial charge in [0.2, 0.25) is 0 Å². The highest BCUT2D eigenvalue weighted by Gasteiger charge is 2.09. The maximum absolute atomic E-state index is 9.86. The van der Waals surface area contributed by atoms with E-state index >= 15 is 0 Å². The SMILES string of the molecule is COCC(CNCC(O)COc1ccc(Cl)c(C)c1)OC. The quantitative estimate of drug-likeness (QED) is 0.687. The Kier molecular flexibility index (Phi) is 8.64. The molecule has 120 valence electrons. The summed E-state index contributed by atoms with van der Waals surface area (Å²) in [5.74, 6) is 0.699. The van der Waals surface area contributed by atoms with Crippen molar-refractivity contribution in [3.63, 3.8) is 0 Å². The molecule has 2 atom stereocenters. The van der Waals surface area contributed by atoms with E-state index in [1.165, 1.54) is 0 Å². The van der Waals surface area contributed by atoms with Gasteiger partial charge in [-0.05, 0) is 30.7 Å². The number of hydrogen-bond donors (Lipinski definition) is 2. The molecule has 21 heavy (non-hydrogen) atoms. The molecule has 1 aromatic carbocycles. The van der Waals surface area contributed by atoms with Gasteiger partial charge in [-0.1, -0.05) is 11.6 Å². The lowest BCUT2D eigenvalue weighted by Gasteiger charge is -2.17. The molecular formula is C15H24ClNO4. The smallest absolute Gasteiger partial charge is 0.119 e. The standard InChI is InChI=1S/C15H24ClNO4/c1-11-6-13(4-5-15(11)16)21-9-12(18)7-17-8-14(20-3)10-19-2/h4-6,12,14,17-18H,7-10H2,1-3H3. The van der Waals surface area contributed by atoms with E-state index in [4.69, 9.17) is 25.8 Å². The fourth-order valence-electron chi connectivity index (χ4n) is 1.77. The second-order valence-electron chi connectivity index (χ2n) is 4.85. The molecule has 0 saturated carbocycles. The van der Waals surface area contributed by atoms with Crippen molar-refractivity contribution in [1.29, 1.82) is 0 Å². The third-order valence-electron chi connectivity index (χ3n) is 3.01. The van der Waals surface area contributed by atoms with Crippen LogP contribution in [0.15, 0.2) is 18.2 Å². The highest BCUT2D eigenvalue weighted by molar-refractivity contribution is 6.31. The van der Waals surface area contributed by atoms with Crippen LogP contribution in [-0.2, 0) is 9.47 Å². The Balaban J connectivity index is 2.24. The largest absolute Gasteiger partial charge is 0.491 e. The van der Waals surface area contributed by atoms with E-state index in [2.05, 4.69) is 5.32 Å². The minimum Gasteiger partial charge on any atom is -0.491 e. The first-order chi connectivity index (χ1) is 10.1. The van der Waals surface area contributed by atoms with E-state index in [1.54, 1.807) is 26.4 Å². The number of halogens is 1. The number of rotatable bonds is 10. The first-order valence-corrected chi connectivity index (χ1v) is 7.24. The lowest BCUT2D eigenvalue weighted by Crippen LogP contribution is -2.38. The molecule has 0 spiro atoms. The van der Waals surface area contributed by atoms with Gasteiger partial charge >= 0.3 is 0 Å². The zero-order valence-electron chi connectivity index (χ0n) is 12.8. The van der Waals surface area contributed by atoms with E-state index in [0.717, 1.165) is 5.56 Å². The molecule has 1 rings (SSSR count). The Morgan fingerprint density at radius 1 is 1.24 bits per heavy atom. The third kappa shape index (κ3) is 7.11. The van der Waals surface area contributed by atoms with Crippen molar-refractivity contribution in [2.45, 2.75) is 19.1 Å². The number of ether oxygens (including phenoxy) is 3. The second kappa shape index (κ2) is 9.97. The molecule has 0 heterocycles. The topological polar surface area (TPSA) is 60.0 Å². The highest BCUT2D eigenvalue weighted by atomic mass is 35.5. The van der Waals surface area contributed by atoms with Gasteiger partial charge in [-0.2, -0.15) is 0 Å². The molecule has 0 aliphatic heterocycles. The van der Waals surface area contributed by atoms with Crippen LogP contribution in [0.25, 0.3) is 0 Å². The minimum absolute atomic E-state index is 0.0259. The van der Waals surface area contributed by atoms with E-state index in [-0.39, 0.29) is 12.7 Å². The molecule has 0 fully saturated rings. The molecule has 0 radical (unpaired) electrons. The van der Waals surface area contributed by atoms with Crippen molar-refractivity contribution in [1.82, 2.24) is 5.32 Å². The van der Waals surface area contributed by atoms with Gasteiger partial charge in [-0.25, -0.2) is 0 Å². The Hall–Kier alpha value is -0.850. The Bertz CT molecular complexity index is 417. The maximum atomic E-state index is 9.86. The van der Waals surface area contributed by atoms with Crippen molar-refractivity contribution in [3.05, 3.63) is 28.8 Å². The molecule has 2 N–H and O–H groups in total. The van der Waals surface area contributed by atoms with Crippen LogP contribution in [0.2, 0.25) is 5.02 Å². The fourth-order valence-corrected chi connectivity index (χ4v) is 1.88. The number of hydrogen-bond acceptors (Lipinski definition) is 5. The summed E-state index contributed by atoms with van der Waals surface area (Å²) in [6.45, 7) is 3.68. The zero-order chi connectivity index (χ0) is 15.7. The number of nitrogens with one attached hydrogen (secondary N) is 1. The van der Waals surface area contributed by atoms with E-state index in [0.29, 0.717) is 30.5 Å². The van der Waals surface area contributed by atoms with Crippen molar-refractivity contribution >= 4 is 11.6 Å². The van der Waals surface area contributed by atoms with Crippen molar-refractivity contribution in [3.8, 4) is 5.75 Å². The predicted octanol–water partition coefficient (Wildman–Crippen LogP) is 1.64. The number of methoxy groups -OCH3 is 2. The van der Waals surface area contributed by atoms with Crippen LogP contribution in [0, 0.1) is 6.92 Å². The van der Waals surface area contributed by atoms with Gasteiger partial charge < -0.3 is 24.6 Å². The average molecular weight is 318 g/mol. The van der Waals surface area contributed by atoms with E-state index < -0.39 is 6.10 Å². The van der Waals surface area contributed by atoms with Gasteiger partial charge in [-0.3, -0.25) is 0 Å².